The zero-order valence-corrected chi connectivity index (χ0v) is 15.8. The first-order chi connectivity index (χ1) is 12.4. The fourth-order valence-corrected chi connectivity index (χ4v) is 4.77. The van der Waals surface area contributed by atoms with Crippen LogP contribution in [0.4, 0.5) is 0 Å². The lowest BCUT2D eigenvalue weighted by atomic mass is 9.78. The number of benzene rings is 1. The van der Waals surface area contributed by atoms with Gasteiger partial charge in [-0.3, -0.25) is 9.59 Å². The first-order valence-corrected chi connectivity index (χ1v) is 9.82. The van der Waals surface area contributed by atoms with Gasteiger partial charge in [0.05, 0.1) is 0 Å². The van der Waals surface area contributed by atoms with E-state index < -0.39 is 17.7 Å². The predicted molar refractivity (Wildman–Crippen MR) is 101 cm³/mol. The summed E-state index contributed by atoms with van der Waals surface area (Å²) < 4.78 is 0. The van der Waals surface area contributed by atoms with Crippen molar-refractivity contribution in [3.63, 3.8) is 0 Å². The van der Waals surface area contributed by atoms with Gasteiger partial charge in [0.2, 0.25) is 5.91 Å². The smallest absolute Gasteiger partial charge is 0.221 e. The Bertz CT molecular complexity index is 724. The number of Topliss-reactive ketones (excluding diaryl/α,β-unsaturated/α-hetero) is 2. The quantitative estimate of drug-likeness (QED) is 0.843. The first-order valence-electron chi connectivity index (χ1n) is 9.82. The van der Waals surface area contributed by atoms with E-state index in [9.17, 15) is 14.4 Å². The van der Waals surface area contributed by atoms with E-state index in [2.05, 4.69) is 19.1 Å². The highest BCUT2D eigenvalue weighted by Crippen LogP contribution is 2.39. The largest absolute Gasteiger partial charge is 0.369 e. The van der Waals surface area contributed by atoms with Crippen molar-refractivity contribution in [1.82, 2.24) is 0 Å². The number of amides is 1. The van der Waals surface area contributed by atoms with Crippen molar-refractivity contribution in [3.8, 4) is 0 Å². The summed E-state index contributed by atoms with van der Waals surface area (Å²) >= 11 is 0. The monoisotopic (exact) mass is 355 g/mol. The molecule has 0 aliphatic heterocycles. The maximum absolute atomic E-state index is 12.8. The van der Waals surface area contributed by atoms with Crippen LogP contribution in [0.25, 0.3) is 0 Å². The van der Waals surface area contributed by atoms with Gasteiger partial charge in [0, 0.05) is 23.8 Å². The average Bonchev–Trinajstić information content (AvgIpc) is 2.91. The van der Waals surface area contributed by atoms with Crippen molar-refractivity contribution in [1.29, 1.82) is 0 Å². The van der Waals surface area contributed by atoms with Crippen LogP contribution in [0.3, 0.4) is 0 Å². The first kappa shape index (κ1) is 18.8. The highest BCUT2D eigenvalue weighted by molar-refractivity contribution is 6.04. The lowest BCUT2D eigenvalue weighted by molar-refractivity contribution is -0.123. The molecule has 4 atom stereocenters. The van der Waals surface area contributed by atoms with Crippen molar-refractivity contribution >= 4 is 17.5 Å². The molecule has 0 spiro atoms. The molecular weight excluding hydrogens is 326 g/mol. The number of rotatable bonds is 6. The molecule has 1 amide bonds. The van der Waals surface area contributed by atoms with Crippen molar-refractivity contribution in [2.45, 2.75) is 64.7 Å². The summed E-state index contributed by atoms with van der Waals surface area (Å²) in [6, 6.07) is 6.21. The van der Waals surface area contributed by atoms with Gasteiger partial charge in [-0.05, 0) is 55.6 Å². The zero-order valence-electron chi connectivity index (χ0n) is 15.8. The van der Waals surface area contributed by atoms with Crippen LogP contribution in [0.1, 0.15) is 79.8 Å². The zero-order chi connectivity index (χ0) is 18.8. The minimum atomic E-state index is -0.558. The third-order valence-electron chi connectivity index (χ3n) is 6.24. The van der Waals surface area contributed by atoms with Crippen LogP contribution in [-0.4, -0.2) is 17.5 Å². The Balaban J connectivity index is 1.79. The van der Waals surface area contributed by atoms with E-state index in [1.807, 2.05) is 6.07 Å². The van der Waals surface area contributed by atoms with Crippen LogP contribution < -0.4 is 5.73 Å². The molecule has 4 unspecified atom stereocenters. The van der Waals surface area contributed by atoms with Gasteiger partial charge in [-0.25, -0.2) is 0 Å². The van der Waals surface area contributed by atoms with Crippen LogP contribution >= 0.6 is 0 Å². The molecule has 3 rings (SSSR count). The summed E-state index contributed by atoms with van der Waals surface area (Å²) in [7, 11) is 0. The molecule has 0 saturated heterocycles. The van der Waals surface area contributed by atoms with Crippen molar-refractivity contribution in [2.24, 2.45) is 23.5 Å². The number of fused-ring (bicyclic) bond motifs is 1. The lowest BCUT2D eigenvalue weighted by Gasteiger charge is -2.27. The Hall–Kier alpha value is -1.97. The van der Waals surface area contributed by atoms with E-state index in [4.69, 9.17) is 5.73 Å². The number of carbonyl (C=O) groups is 3. The van der Waals surface area contributed by atoms with Gasteiger partial charge in [-0.15, -0.1) is 0 Å². The summed E-state index contributed by atoms with van der Waals surface area (Å²) in [6.45, 7) is 3.81. The van der Waals surface area contributed by atoms with Gasteiger partial charge in [-0.2, -0.15) is 0 Å². The van der Waals surface area contributed by atoms with Crippen LogP contribution in [-0.2, 0) is 16.0 Å². The molecule has 4 nitrogen and oxygen atoms in total. The highest BCUT2D eigenvalue weighted by atomic mass is 16.1. The van der Waals surface area contributed by atoms with Gasteiger partial charge in [0.1, 0.15) is 5.78 Å². The molecule has 0 aromatic heterocycles. The molecular formula is C22H29NO3. The van der Waals surface area contributed by atoms with Gasteiger partial charge >= 0.3 is 0 Å². The Kier molecular flexibility index (Phi) is 5.59. The summed E-state index contributed by atoms with van der Waals surface area (Å²) in [5.41, 5.74) is 8.66. The molecule has 2 N–H and O–H groups in total. The number of hydrogen-bond donors (Lipinski definition) is 1. The molecule has 140 valence electrons. The van der Waals surface area contributed by atoms with Crippen molar-refractivity contribution < 1.29 is 14.4 Å². The molecule has 1 aromatic rings. The Morgan fingerprint density at radius 2 is 2.04 bits per heavy atom. The van der Waals surface area contributed by atoms with E-state index in [1.54, 1.807) is 0 Å². The predicted octanol–water partition coefficient (Wildman–Crippen LogP) is 3.81. The summed E-state index contributed by atoms with van der Waals surface area (Å²) in [4.78, 5) is 36.0. The lowest BCUT2D eigenvalue weighted by Crippen LogP contribution is -2.33. The second kappa shape index (κ2) is 7.73. The normalized spacial score (nSPS) is 26.4. The number of nitrogens with two attached hydrogens (primary N) is 1. The van der Waals surface area contributed by atoms with Crippen LogP contribution in [0.5, 0.6) is 0 Å². The van der Waals surface area contributed by atoms with Crippen LogP contribution in [0.2, 0.25) is 0 Å². The van der Waals surface area contributed by atoms with E-state index in [0.717, 1.165) is 17.0 Å². The molecule has 1 fully saturated rings. The third kappa shape index (κ3) is 3.89. The van der Waals surface area contributed by atoms with E-state index in [1.165, 1.54) is 38.2 Å². The molecule has 0 radical (unpaired) electrons. The highest BCUT2D eigenvalue weighted by Gasteiger charge is 2.39. The third-order valence-corrected chi connectivity index (χ3v) is 6.24. The maximum Gasteiger partial charge on any atom is 0.221 e. The van der Waals surface area contributed by atoms with Gasteiger partial charge in [0.25, 0.3) is 0 Å². The summed E-state index contributed by atoms with van der Waals surface area (Å²) in [5, 5.41) is 0. The van der Waals surface area contributed by atoms with Gasteiger partial charge < -0.3 is 10.5 Å². The molecule has 1 saturated carbocycles. The molecule has 2 aliphatic carbocycles. The van der Waals surface area contributed by atoms with E-state index in [0.29, 0.717) is 25.2 Å². The average molecular weight is 355 g/mol. The molecule has 26 heavy (non-hydrogen) atoms. The van der Waals surface area contributed by atoms with Crippen LogP contribution in [0.15, 0.2) is 18.2 Å². The van der Waals surface area contributed by atoms with Gasteiger partial charge in [-0.1, -0.05) is 38.0 Å². The second-order valence-electron chi connectivity index (χ2n) is 8.31. The fraction of sp³-hybridized carbons (Fsp3) is 0.591. The molecule has 0 heterocycles. The second-order valence-corrected chi connectivity index (χ2v) is 8.31. The minimum absolute atomic E-state index is 0.0101. The number of primary amides is 1. The molecule has 0 bridgehead atoms. The summed E-state index contributed by atoms with van der Waals surface area (Å²) in [6.07, 6.45) is 6.20. The standard InChI is InChI=1S/C22H29NO3/c1-13-4-3-5-15(10-13)16-7-9-18-17(11-16)12-20(21(18)25)19(22(23)26)8-6-14(2)24/h7,9,11,13,15,19-20H,3-6,8,10,12H2,1-2H3,(H2,23,26). The Morgan fingerprint density at radius 1 is 1.27 bits per heavy atom. The topological polar surface area (TPSA) is 77.2 Å². The van der Waals surface area contributed by atoms with Gasteiger partial charge in [0.15, 0.2) is 5.78 Å². The Labute approximate surface area is 155 Å². The summed E-state index contributed by atoms with van der Waals surface area (Å²) in [5.74, 6) is -0.0908. The molecule has 4 heteroatoms. The number of hydrogen-bond acceptors (Lipinski definition) is 3. The van der Waals surface area contributed by atoms with Crippen molar-refractivity contribution in [3.05, 3.63) is 34.9 Å². The van der Waals surface area contributed by atoms with Crippen LogP contribution in [0, 0.1) is 17.8 Å². The fourth-order valence-electron chi connectivity index (χ4n) is 4.77. The number of carbonyl (C=O) groups excluding carboxylic acids is 3. The Morgan fingerprint density at radius 3 is 2.69 bits per heavy atom. The molecule has 1 aromatic carbocycles. The maximum atomic E-state index is 12.8. The SMILES string of the molecule is CC(=O)CCC(C(N)=O)C1Cc2cc(C3CCCC(C)C3)ccc2C1=O. The minimum Gasteiger partial charge on any atom is -0.369 e. The van der Waals surface area contributed by atoms with E-state index in [-0.39, 0.29) is 11.6 Å². The van der Waals surface area contributed by atoms with Crippen molar-refractivity contribution in [2.75, 3.05) is 0 Å². The molecule has 2 aliphatic rings. The van der Waals surface area contributed by atoms with E-state index >= 15 is 0 Å². The number of ketones is 2.